The molecule has 0 unspecified atom stereocenters. The van der Waals surface area contributed by atoms with Crippen LogP contribution in [0, 0.1) is 0 Å². The highest BCUT2D eigenvalue weighted by atomic mass is 16.5. The quantitative estimate of drug-likeness (QED) is 0.550. The number of amides is 1. The van der Waals surface area contributed by atoms with Crippen LogP contribution in [0.2, 0.25) is 0 Å². The van der Waals surface area contributed by atoms with Crippen molar-refractivity contribution in [1.29, 1.82) is 0 Å². The average Bonchev–Trinajstić information content (AvgIpc) is 2.74. The molecular formula is C23H18N2O2. The molecule has 0 radical (unpaired) electrons. The fourth-order valence-corrected chi connectivity index (χ4v) is 3.10. The Morgan fingerprint density at radius 1 is 0.926 bits per heavy atom. The fourth-order valence-electron chi connectivity index (χ4n) is 3.10. The molecule has 27 heavy (non-hydrogen) atoms. The lowest BCUT2D eigenvalue weighted by molar-refractivity contribution is 0.102. The maximum atomic E-state index is 13.1. The maximum absolute atomic E-state index is 13.1. The molecule has 0 aliphatic rings. The van der Waals surface area contributed by atoms with E-state index < -0.39 is 0 Å². The summed E-state index contributed by atoms with van der Waals surface area (Å²) in [7, 11) is 1.59. The summed E-state index contributed by atoms with van der Waals surface area (Å²) in [5.74, 6) is 0.432. The molecule has 1 heterocycles. The summed E-state index contributed by atoms with van der Waals surface area (Å²) in [6, 6.07) is 24.9. The maximum Gasteiger partial charge on any atom is 0.256 e. The first kappa shape index (κ1) is 16.8. The van der Waals surface area contributed by atoms with Gasteiger partial charge in [-0.05, 0) is 41.5 Å². The molecule has 1 N–H and O–H groups in total. The Morgan fingerprint density at radius 2 is 1.74 bits per heavy atom. The van der Waals surface area contributed by atoms with Crippen molar-refractivity contribution in [2.75, 3.05) is 12.4 Å². The van der Waals surface area contributed by atoms with Crippen LogP contribution in [0.4, 0.5) is 5.69 Å². The third-order valence-corrected chi connectivity index (χ3v) is 4.44. The third kappa shape index (κ3) is 3.37. The average molecular weight is 354 g/mol. The number of anilines is 1. The second-order valence-electron chi connectivity index (χ2n) is 6.11. The van der Waals surface area contributed by atoms with Crippen LogP contribution in [0.1, 0.15) is 10.4 Å². The van der Waals surface area contributed by atoms with E-state index in [4.69, 9.17) is 4.74 Å². The molecule has 1 amide bonds. The van der Waals surface area contributed by atoms with Crippen LogP contribution in [0.15, 0.2) is 85.1 Å². The van der Waals surface area contributed by atoms with E-state index in [-0.39, 0.29) is 5.91 Å². The first-order valence-electron chi connectivity index (χ1n) is 8.65. The predicted octanol–water partition coefficient (Wildman–Crippen LogP) is 5.16. The third-order valence-electron chi connectivity index (χ3n) is 4.44. The molecule has 4 aromatic rings. The standard InChI is InChI=1S/C23H18N2O2/c1-27-18-12-13-19(16-7-3-2-4-8-16)20(15-18)23(26)25-21-11-5-9-17-10-6-14-24-22(17)21/h2-15H,1H3,(H,25,26). The van der Waals surface area contributed by atoms with Gasteiger partial charge in [-0.2, -0.15) is 0 Å². The normalized spacial score (nSPS) is 10.6. The van der Waals surface area contributed by atoms with Crippen LogP contribution < -0.4 is 10.1 Å². The summed E-state index contributed by atoms with van der Waals surface area (Å²) in [5, 5.41) is 3.98. The minimum atomic E-state index is -0.203. The topological polar surface area (TPSA) is 51.2 Å². The van der Waals surface area contributed by atoms with Gasteiger partial charge in [-0.3, -0.25) is 9.78 Å². The number of carbonyl (C=O) groups excluding carboxylic acids is 1. The summed E-state index contributed by atoms with van der Waals surface area (Å²) in [6.07, 6.45) is 1.72. The van der Waals surface area contributed by atoms with Crippen LogP contribution in [0.25, 0.3) is 22.0 Å². The number of pyridine rings is 1. The van der Waals surface area contributed by atoms with Crippen LogP contribution in [0.5, 0.6) is 5.75 Å². The fraction of sp³-hybridized carbons (Fsp3) is 0.0435. The molecule has 4 rings (SSSR count). The Labute approximate surface area is 157 Å². The van der Waals surface area contributed by atoms with Crippen LogP contribution in [0.3, 0.4) is 0 Å². The highest BCUT2D eigenvalue weighted by Gasteiger charge is 2.15. The van der Waals surface area contributed by atoms with Gasteiger partial charge >= 0.3 is 0 Å². The summed E-state index contributed by atoms with van der Waals surface area (Å²) < 4.78 is 5.32. The molecule has 0 bridgehead atoms. The Bertz CT molecular complexity index is 1100. The van der Waals surface area contributed by atoms with Crippen LogP contribution in [-0.2, 0) is 0 Å². The smallest absolute Gasteiger partial charge is 0.256 e. The van der Waals surface area contributed by atoms with Gasteiger partial charge < -0.3 is 10.1 Å². The molecular weight excluding hydrogens is 336 g/mol. The van der Waals surface area contributed by atoms with E-state index in [0.29, 0.717) is 17.0 Å². The van der Waals surface area contributed by atoms with Crippen LogP contribution in [-0.4, -0.2) is 18.0 Å². The number of hydrogen-bond donors (Lipinski definition) is 1. The second kappa shape index (κ2) is 7.30. The Morgan fingerprint density at radius 3 is 2.56 bits per heavy atom. The number of ether oxygens (including phenoxy) is 1. The summed E-state index contributed by atoms with van der Waals surface area (Å²) in [6.45, 7) is 0. The lowest BCUT2D eigenvalue weighted by atomic mass is 9.98. The highest BCUT2D eigenvalue weighted by molar-refractivity contribution is 6.11. The number of carbonyl (C=O) groups is 1. The summed E-state index contributed by atoms with van der Waals surface area (Å²) >= 11 is 0. The predicted molar refractivity (Wildman–Crippen MR) is 108 cm³/mol. The van der Waals surface area contributed by atoms with Gasteiger partial charge in [0.15, 0.2) is 0 Å². The van der Waals surface area contributed by atoms with Crippen LogP contribution >= 0.6 is 0 Å². The minimum Gasteiger partial charge on any atom is -0.497 e. The SMILES string of the molecule is COc1ccc(-c2ccccc2)c(C(=O)Nc2cccc3cccnc23)c1. The summed E-state index contributed by atoms with van der Waals surface area (Å²) in [4.78, 5) is 17.5. The van der Waals surface area contributed by atoms with E-state index in [1.54, 1.807) is 19.4 Å². The molecule has 0 fully saturated rings. The van der Waals surface area contributed by atoms with Crippen molar-refractivity contribution in [2.45, 2.75) is 0 Å². The van der Waals surface area contributed by atoms with E-state index in [1.807, 2.05) is 72.8 Å². The largest absolute Gasteiger partial charge is 0.497 e. The monoisotopic (exact) mass is 354 g/mol. The van der Waals surface area contributed by atoms with Gasteiger partial charge in [0.05, 0.1) is 23.9 Å². The van der Waals surface area contributed by atoms with Crippen molar-refractivity contribution in [1.82, 2.24) is 4.98 Å². The van der Waals surface area contributed by atoms with Crippen molar-refractivity contribution in [3.05, 3.63) is 90.6 Å². The lowest BCUT2D eigenvalue weighted by Gasteiger charge is -2.13. The van der Waals surface area contributed by atoms with E-state index in [2.05, 4.69) is 10.3 Å². The molecule has 4 nitrogen and oxygen atoms in total. The molecule has 0 atom stereocenters. The zero-order valence-corrected chi connectivity index (χ0v) is 14.8. The molecule has 1 aromatic heterocycles. The van der Waals surface area contributed by atoms with Crippen molar-refractivity contribution in [3.8, 4) is 16.9 Å². The van der Waals surface area contributed by atoms with Crippen molar-refractivity contribution in [3.63, 3.8) is 0 Å². The van der Waals surface area contributed by atoms with Crippen molar-refractivity contribution in [2.24, 2.45) is 0 Å². The highest BCUT2D eigenvalue weighted by Crippen LogP contribution is 2.29. The number of nitrogens with zero attached hydrogens (tertiary/aromatic N) is 1. The number of methoxy groups -OCH3 is 1. The van der Waals surface area contributed by atoms with Gasteiger partial charge in [0.1, 0.15) is 5.75 Å². The molecule has 0 spiro atoms. The number of fused-ring (bicyclic) bond motifs is 1. The molecule has 4 heteroatoms. The Balaban J connectivity index is 1.77. The molecule has 132 valence electrons. The molecule has 3 aromatic carbocycles. The summed E-state index contributed by atoms with van der Waals surface area (Å²) in [5.41, 5.74) is 3.81. The van der Waals surface area contributed by atoms with E-state index in [1.165, 1.54) is 0 Å². The number of aromatic nitrogens is 1. The Kier molecular flexibility index (Phi) is 4.54. The van der Waals surface area contributed by atoms with Gasteiger partial charge in [-0.25, -0.2) is 0 Å². The minimum absolute atomic E-state index is 0.203. The number of rotatable bonds is 4. The lowest BCUT2D eigenvalue weighted by Crippen LogP contribution is -2.14. The van der Waals surface area contributed by atoms with Crippen molar-refractivity contribution < 1.29 is 9.53 Å². The Hall–Kier alpha value is -3.66. The molecule has 0 saturated carbocycles. The molecule has 0 aliphatic heterocycles. The van der Waals surface area contributed by atoms with Crippen molar-refractivity contribution >= 4 is 22.5 Å². The molecule has 0 saturated heterocycles. The van der Waals surface area contributed by atoms with Gasteiger partial charge in [0.2, 0.25) is 0 Å². The second-order valence-corrected chi connectivity index (χ2v) is 6.11. The van der Waals surface area contributed by atoms with E-state index >= 15 is 0 Å². The van der Waals surface area contributed by atoms with Gasteiger partial charge in [0, 0.05) is 11.6 Å². The number of hydrogen-bond acceptors (Lipinski definition) is 3. The van der Waals surface area contributed by atoms with E-state index in [0.717, 1.165) is 22.0 Å². The van der Waals surface area contributed by atoms with E-state index in [9.17, 15) is 4.79 Å². The number of benzene rings is 3. The van der Waals surface area contributed by atoms with Gasteiger partial charge in [0.25, 0.3) is 5.91 Å². The van der Waals surface area contributed by atoms with Gasteiger partial charge in [-0.15, -0.1) is 0 Å². The van der Waals surface area contributed by atoms with Gasteiger partial charge in [-0.1, -0.05) is 48.5 Å². The number of nitrogens with one attached hydrogen (secondary N) is 1. The molecule has 0 aliphatic carbocycles. The first-order valence-corrected chi connectivity index (χ1v) is 8.65. The number of para-hydroxylation sites is 1. The zero-order valence-electron chi connectivity index (χ0n) is 14.8. The zero-order chi connectivity index (χ0) is 18.6. The first-order chi connectivity index (χ1) is 13.3.